The predicted octanol–water partition coefficient (Wildman–Crippen LogP) is 0.288. The first-order valence-corrected chi connectivity index (χ1v) is 8.01. The third-order valence-corrected chi connectivity index (χ3v) is 6.02. The predicted molar refractivity (Wildman–Crippen MR) is 79.1 cm³/mol. The molecule has 0 radical (unpaired) electrons. The molecule has 3 fully saturated rings. The minimum atomic E-state index is -1.34. The van der Waals surface area contributed by atoms with Crippen molar-refractivity contribution in [2.75, 3.05) is 7.11 Å². The first kappa shape index (κ1) is 14.0. The van der Waals surface area contributed by atoms with Gasteiger partial charge in [-0.3, -0.25) is 9.59 Å². The molecule has 24 heavy (non-hydrogen) atoms. The maximum absolute atomic E-state index is 13.0. The van der Waals surface area contributed by atoms with E-state index in [1.165, 1.54) is 17.9 Å². The van der Waals surface area contributed by atoms with E-state index in [9.17, 15) is 19.5 Å². The second-order valence-corrected chi connectivity index (χ2v) is 6.99. The zero-order valence-corrected chi connectivity index (χ0v) is 13.0. The number of carbonyl (C=O) groups excluding carboxylic acids is 1. The van der Waals surface area contributed by atoms with Gasteiger partial charge in [0.1, 0.15) is 5.56 Å². The first-order chi connectivity index (χ1) is 11.5. The van der Waals surface area contributed by atoms with Gasteiger partial charge in [-0.1, -0.05) is 0 Å². The fourth-order valence-corrected chi connectivity index (χ4v) is 4.62. The van der Waals surface area contributed by atoms with Crippen molar-refractivity contribution in [2.45, 2.75) is 44.2 Å². The molecule has 8 heteroatoms. The van der Waals surface area contributed by atoms with Crippen molar-refractivity contribution in [3.05, 3.63) is 27.7 Å². The van der Waals surface area contributed by atoms with Crippen LogP contribution in [0.5, 0.6) is 5.75 Å². The van der Waals surface area contributed by atoms with E-state index in [0.717, 1.165) is 19.3 Å². The van der Waals surface area contributed by atoms with Gasteiger partial charge in [0.25, 0.3) is 5.91 Å². The monoisotopic (exact) mass is 332 g/mol. The molecule has 4 atom stereocenters. The third-order valence-electron chi connectivity index (χ3n) is 6.02. The van der Waals surface area contributed by atoms with Crippen molar-refractivity contribution in [1.29, 1.82) is 0 Å². The molecule has 4 aliphatic rings. The number of nitrogens with zero attached hydrogens (tertiary/aromatic N) is 2. The number of fused-ring (bicyclic) bond motifs is 3. The van der Waals surface area contributed by atoms with Gasteiger partial charge in [-0.25, -0.2) is 4.79 Å². The molecule has 1 N–H and O–H groups in total. The zero-order chi connectivity index (χ0) is 16.8. The summed E-state index contributed by atoms with van der Waals surface area (Å²) in [4.78, 5) is 38.4. The molecule has 0 bridgehead atoms. The van der Waals surface area contributed by atoms with Crippen LogP contribution in [-0.2, 0) is 11.3 Å². The first-order valence-electron chi connectivity index (χ1n) is 8.01. The van der Waals surface area contributed by atoms with Gasteiger partial charge in [-0.2, -0.15) is 0 Å². The summed E-state index contributed by atoms with van der Waals surface area (Å²) in [5, 5.41) is 9.22. The fourth-order valence-electron chi connectivity index (χ4n) is 4.62. The van der Waals surface area contributed by atoms with E-state index in [1.54, 1.807) is 4.90 Å². The molecule has 1 aromatic heterocycles. The molecule has 2 aliphatic heterocycles. The second kappa shape index (κ2) is 4.18. The standard InChI is InChI=1S/C16H16N2O6/c1-23-13-11-14(20)18-8-4-16(8)3-2-9(16)24-10(18)6-17(11)5-7(12(13)19)15(21)22/h5,8-10H,2-4,6H2,1H3,(H,21,22)/t8-,9-,10-,16?/m1/s1. The number of aromatic carboxylic acids is 1. The summed E-state index contributed by atoms with van der Waals surface area (Å²) < 4.78 is 12.7. The number of aromatic nitrogens is 1. The highest BCUT2D eigenvalue weighted by Gasteiger charge is 2.72. The molecule has 1 spiro atoms. The van der Waals surface area contributed by atoms with E-state index in [0.29, 0.717) is 6.54 Å². The summed E-state index contributed by atoms with van der Waals surface area (Å²) in [7, 11) is 1.27. The largest absolute Gasteiger partial charge is 0.491 e. The Hall–Kier alpha value is -2.35. The van der Waals surface area contributed by atoms with Crippen LogP contribution in [0.25, 0.3) is 0 Å². The highest BCUT2D eigenvalue weighted by atomic mass is 16.5. The van der Waals surface area contributed by atoms with Crippen LogP contribution in [-0.4, -0.2) is 51.9 Å². The lowest BCUT2D eigenvalue weighted by Gasteiger charge is -2.51. The van der Waals surface area contributed by atoms with Crippen LogP contribution >= 0.6 is 0 Å². The topological polar surface area (TPSA) is 98.1 Å². The molecule has 2 aliphatic carbocycles. The van der Waals surface area contributed by atoms with Gasteiger partial charge in [0.05, 0.1) is 19.8 Å². The summed E-state index contributed by atoms with van der Waals surface area (Å²) in [6.07, 6.45) is 4.02. The van der Waals surface area contributed by atoms with Crippen LogP contribution in [0.1, 0.15) is 40.1 Å². The van der Waals surface area contributed by atoms with Crippen molar-refractivity contribution in [3.8, 4) is 5.75 Å². The van der Waals surface area contributed by atoms with Crippen molar-refractivity contribution in [3.63, 3.8) is 0 Å². The lowest BCUT2D eigenvalue weighted by atomic mass is 9.76. The summed E-state index contributed by atoms with van der Waals surface area (Å²) in [5.74, 6) is -1.86. The van der Waals surface area contributed by atoms with Crippen LogP contribution in [0, 0.1) is 5.41 Å². The van der Waals surface area contributed by atoms with E-state index in [1.807, 2.05) is 0 Å². The molecule has 5 rings (SSSR count). The van der Waals surface area contributed by atoms with E-state index in [2.05, 4.69) is 0 Å². The molecule has 1 amide bonds. The highest BCUT2D eigenvalue weighted by Crippen LogP contribution is 2.67. The van der Waals surface area contributed by atoms with Crippen LogP contribution in [0.4, 0.5) is 0 Å². The normalized spacial score (nSPS) is 35.1. The molecular weight excluding hydrogens is 316 g/mol. The number of carboxylic acids is 1. The highest BCUT2D eigenvalue weighted by molar-refractivity contribution is 5.98. The number of amides is 1. The maximum Gasteiger partial charge on any atom is 0.341 e. The molecule has 0 aromatic carbocycles. The zero-order valence-electron chi connectivity index (χ0n) is 13.0. The number of carboxylic acid groups (broad SMARTS) is 1. The Morgan fingerprint density at radius 2 is 2.25 bits per heavy atom. The van der Waals surface area contributed by atoms with Gasteiger partial charge in [0.2, 0.25) is 5.43 Å². The van der Waals surface area contributed by atoms with E-state index in [4.69, 9.17) is 9.47 Å². The Kier molecular flexibility index (Phi) is 2.45. The molecule has 1 unspecified atom stereocenters. The van der Waals surface area contributed by atoms with Gasteiger partial charge in [-0.05, 0) is 19.3 Å². The Morgan fingerprint density at radius 1 is 1.46 bits per heavy atom. The third kappa shape index (κ3) is 1.45. The summed E-state index contributed by atoms with van der Waals surface area (Å²) in [6, 6.07) is 0.162. The van der Waals surface area contributed by atoms with Gasteiger partial charge in [0, 0.05) is 17.7 Å². The van der Waals surface area contributed by atoms with Crippen LogP contribution < -0.4 is 10.2 Å². The maximum atomic E-state index is 13.0. The quantitative estimate of drug-likeness (QED) is 0.836. The van der Waals surface area contributed by atoms with E-state index < -0.39 is 23.2 Å². The van der Waals surface area contributed by atoms with Crippen LogP contribution in [0.2, 0.25) is 0 Å². The Balaban J connectivity index is 1.66. The SMILES string of the molecule is COc1c2n(cc(C(=O)O)c1=O)C[C@H]1O[C@@H]3CCC34C[C@H]4N1C2=O. The summed E-state index contributed by atoms with van der Waals surface area (Å²) in [5.41, 5.74) is -0.944. The molecule has 2 saturated carbocycles. The minimum absolute atomic E-state index is 0.114. The fraction of sp³-hybridized carbons (Fsp3) is 0.562. The average molecular weight is 332 g/mol. The number of pyridine rings is 1. The van der Waals surface area contributed by atoms with Gasteiger partial charge < -0.3 is 24.0 Å². The molecule has 1 saturated heterocycles. The van der Waals surface area contributed by atoms with Gasteiger partial charge in [0.15, 0.2) is 17.7 Å². The number of hydrogen-bond donors (Lipinski definition) is 1. The molecule has 126 valence electrons. The average Bonchev–Trinajstić information content (AvgIpc) is 3.29. The van der Waals surface area contributed by atoms with Crippen LogP contribution in [0.3, 0.4) is 0 Å². The number of carbonyl (C=O) groups is 2. The van der Waals surface area contributed by atoms with Gasteiger partial charge >= 0.3 is 5.97 Å². The van der Waals surface area contributed by atoms with Crippen LogP contribution in [0.15, 0.2) is 11.0 Å². The van der Waals surface area contributed by atoms with Crippen molar-refractivity contribution >= 4 is 11.9 Å². The smallest absolute Gasteiger partial charge is 0.341 e. The van der Waals surface area contributed by atoms with Crippen molar-refractivity contribution in [2.24, 2.45) is 5.41 Å². The Labute approximate surface area is 136 Å². The summed E-state index contributed by atoms with van der Waals surface area (Å²) >= 11 is 0. The van der Waals surface area contributed by atoms with E-state index >= 15 is 0 Å². The van der Waals surface area contributed by atoms with Crippen molar-refractivity contribution in [1.82, 2.24) is 9.47 Å². The Morgan fingerprint density at radius 3 is 2.88 bits per heavy atom. The molecule has 8 nitrogen and oxygen atoms in total. The van der Waals surface area contributed by atoms with Gasteiger partial charge in [-0.15, -0.1) is 0 Å². The lowest BCUT2D eigenvalue weighted by molar-refractivity contribution is -0.196. The van der Waals surface area contributed by atoms with E-state index in [-0.39, 0.29) is 34.9 Å². The molecule has 3 heterocycles. The number of rotatable bonds is 2. The molecular formula is C16H16N2O6. The lowest BCUT2D eigenvalue weighted by Crippen LogP contribution is -2.61. The Bertz CT molecular complexity index is 861. The second-order valence-electron chi connectivity index (χ2n) is 6.99. The number of hydrogen-bond acceptors (Lipinski definition) is 5. The summed E-state index contributed by atoms with van der Waals surface area (Å²) in [6.45, 7) is 0.307. The number of ether oxygens (including phenoxy) is 2. The van der Waals surface area contributed by atoms with Crippen molar-refractivity contribution < 1.29 is 24.2 Å². The number of methoxy groups -OCH3 is 1. The minimum Gasteiger partial charge on any atom is -0.491 e. The molecule has 1 aromatic rings.